The molecular formula is C26H32N8O4. The number of methoxy groups -OCH3 is 1. The molecule has 2 aliphatic rings. The summed E-state index contributed by atoms with van der Waals surface area (Å²) < 4.78 is 5.18. The van der Waals surface area contributed by atoms with Gasteiger partial charge in [-0.3, -0.25) is 24.7 Å². The number of nitrogens with one attached hydrogen (secondary N) is 2. The van der Waals surface area contributed by atoms with Crippen LogP contribution in [0.25, 0.3) is 0 Å². The number of aromatic nitrogens is 2. The van der Waals surface area contributed by atoms with Crippen molar-refractivity contribution in [2.24, 2.45) is 5.92 Å². The highest BCUT2D eigenvalue weighted by molar-refractivity contribution is 6.01. The predicted octanol–water partition coefficient (Wildman–Crippen LogP) is 1.94. The molecule has 2 aromatic rings. The molecule has 2 fully saturated rings. The molecule has 3 amide bonds. The SMILES string of the molecule is COCCN(C(=O)Nc1cc(NCC2CC2)c(C#N)cn1)c1ccc(CN2CCN(C)CC2=O)c(C=O)n1. The van der Waals surface area contributed by atoms with E-state index in [-0.39, 0.29) is 42.9 Å². The van der Waals surface area contributed by atoms with E-state index in [2.05, 4.69) is 26.7 Å². The minimum absolute atomic E-state index is 0.0123. The fourth-order valence-electron chi connectivity index (χ4n) is 4.09. The van der Waals surface area contributed by atoms with E-state index in [9.17, 15) is 19.6 Å². The number of carbonyl (C=O) groups excluding carboxylic acids is 3. The number of pyridine rings is 2. The van der Waals surface area contributed by atoms with Crippen molar-refractivity contribution in [2.45, 2.75) is 19.4 Å². The Morgan fingerprint density at radius 1 is 1.34 bits per heavy atom. The van der Waals surface area contributed by atoms with Crippen LogP contribution in [0.1, 0.15) is 34.5 Å². The molecule has 0 radical (unpaired) electrons. The summed E-state index contributed by atoms with van der Waals surface area (Å²) in [6.45, 7) is 3.08. The fourth-order valence-corrected chi connectivity index (χ4v) is 4.09. The standard InChI is InChI=1S/C26H32N8O4/c1-32-7-8-33(25(36)16-32)15-19-5-6-24(30-22(19)17-35)34(9-10-38-2)26(37)31-23-11-21(20(12-27)14-29-23)28-13-18-3-4-18/h5-6,11,14,17-18H,3-4,7-10,13,15-16H2,1-2H3,(H2,28,29,31,37). The van der Waals surface area contributed by atoms with Crippen molar-refractivity contribution in [3.8, 4) is 6.07 Å². The van der Waals surface area contributed by atoms with Gasteiger partial charge in [-0.05, 0) is 31.9 Å². The zero-order valence-corrected chi connectivity index (χ0v) is 21.6. The van der Waals surface area contributed by atoms with E-state index >= 15 is 0 Å². The van der Waals surface area contributed by atoms with Gasteiger partial charge in [0.15, 0.2) is 6.29 Å². The summed E-state index contributed by atoms with van der Waals surface area (Å²) >= 11 is 0. The highest BCUT2D eigenvalue weighted by atomic mass is 16.5. The monoisotopic (exact) mass is 520 g/mol. The Morgan fingerprint density at radius 2 is 2.16 bits per heavy atom. The van der Waals surface area contributed by atoms with Crippen molar-refractivity contribution in [3.05, 3.63) is 41.2 Å². The number of likely N-dealkylation sites (N-methyl/N-ethyl adjacent to an activating group) is 1. The zero-order valence-electron chi connectivity index (χ0n) is 21.6. The van der Waals surface area contributed by atoms with E-state index in [0.717, 1.165) is 25.9 Å². The Labute approximate surface area is 221 Å². The van der Waals surface area contributed by atoms with Crippen LogP contribution in [0.3, 0.4) is 0 Å². The van der Waals surface area contributed by atoms with Gasteiger partial charge in [-0.1, -0.05) is 6.07 Å². The van der Waals surface area contributed by atoms with Crippen LogP contribution in [-0.4, -0.2) is 91.5 Å². The predicted molar refractivity (Wildman–Crippen MR) is 141 cm³/mol. The number of carbonyl (C=O) groups is 3. The molecular weight excluding hydrogens is 488 g/mol. The van der Waals surface area contributed by atoms with Crippen LogP contribution in [0, 0.1) is 17.2 Å². The lowest BCUT2D eigenvalue weighted by atomic mass is 10.1. The summed E-state index contributed by atoms with van der Waals surface area (Å²) in [6, 6.07) is 6.59. The number of rotatable bonds is 11. The molecule has 200 valence electrons. The Morgan fingerprint density at radius 3 is 2.84 bits per heavy atom. The lowest BCUT2D eigenvalue weighted by Crippen LogP contribution is -2.48. The van der Waals surface area contributed by atoms with E-state index in [1.807, 2.05) is 11.9 Å². The number of hydrogen-bond acceptors (Lipinski definition) is 9. The molecule has 0 unspecified atom stereocenters. The van der Waals surface area contributed by atoms with Gasteiger partial charge in [0.1, 0.15) is 23.4 Å². The first-order valence-electron chi connectivity index (χ1n) is 12.5. The lowest BCUT2D eigenvalue weighted by molar-refractivity contribution is -0.136. The minimum Gasteiger partial charge on any atom is -0.384 e. The molecule has 3 heterocycles. The van der Waals surface area contributed by atoms with E-state index in [4.69, 9.17) is 4.74 Å². The number of anilines is 3. The number of urea groups is 1. The van der Waals surface area contributed by atoms with Gasteiger partial charge >= 0.3 is 6.03 Å². The molecule has 1 aliphatic heterocycles. The first-order chi connectivity index (χ1) is 18.4. The number of nitriles is 1. The smallest absolute Gasteiger partial charge is 0.328 e. The van der Waals surface area contributed by atoms with Crippen LogP contribution >= 0.6 is 0 Å². The van der Waals surface area contributed by atoms with E-state index in [1.54, 1.807) is 23.1 Å². The van der Waals surface area contributed by atoms with Crippen molar-refractivity contribution in [3.63, 3.8) is 0 Å². The van der Waals surface area contributed by atoms with Crippen LogP contribution in [0.5, 0.6) is 0 Å². The van der Waals surface area contributed by atoms with Gasteiger partial charge < -0.3 is 15.0 Å². The second-order valence-electron chi connectivity index (χ2n) is 9.51. The number of hydrogen-bond donors (Lipinski definition) is 2. The van der Waals surface area contributed by atoms with Crippen molar-refractivity contribution in [1.29, 1.82) is 5.26 Å². The lowest BCUT2D eigenvalue weighted by Gasteiger charge is -2.32. The molecule has 12 nitrogen and oxygen atoms in total. The van der Waals surface area contributed by atoms with E-state index in [0.29, 0.717) is 42.1 Å². The van der Waals surface area contributed by atoms with Crippen molar-refractivity contribution < 1.29 is 19.1 Å². The minimum atomic E-state index is -0.515. The molecule has 2 aromatic heterocycles. The van der Waals surface area contributed by atoms with Crippen LogP contribution < -0.4 is 15.5 Å². The average molecular weight is 521 g/mol. The third-order valence-corrected chi connectivity index (χ3v) is 6.56. The van der Waals surface area contributed by atoms with Crippen LogP contribution in [0.15, 0.2) is 24.4 Å². The van der Waals surface area contributed by atoms with Gasteiger partial charge in [-0.25, -0.2) is 14.8 Å². The summed E-state index contributed by atoms with van der Waals surface area (Å²) in [6.07, 6.45) is 4.38. The molecule has 0 atom stereocenters. The van der Waals surface area contributed by atoms with Crippen LogP contribution in [0.4, 0.5) is 22.1 Å². The molecule has 0 bridgehead atoms. The quantitative estimate of drug-likeness (QED) is 0.425. The molecule has 2 N–H and O–H groups in total. The van der Waals surface area contributed by atoms with Crippen molar-refractivity contribution >= 4 is 35.5 Å². The highest BCUT2D eigenvalue weighted by Gasteiger charge is 2.25. The summed E-state index contributed by atoms with van der Waals surface area (Å²) in [5.41, 5.74) is 1.77. The first-order valence-corrected chi connectivity index (χ1v) is 12.5. The van der Waals surface area contributed by atoms with Gasteiger partial charge in [-0.15, -0.1) is 0 Å². The summed E-state index contributed by atoms with van der Waals surface area (Å²) in [7, 11) is 3.41. The molecule has 38 heavy (non-hydrogen) atoms. The van der Waals surface area contributed by atoms with Crippen molar-refractivity contribution in [2.75, 3.05) is 69.0 Å². The fraction of sp³-hybridized carbons (Fsp3) is 0.462. The van der Waals surface area contributed by atoms with Gasteiger partial charge in [-0.2, -0.15) is 5.26 Å². The first kappa shape index (κ1) is 27.0. The molecule has 12 heteroatoms. The molecule has 1 saturated carbocycles. The third kappa shape index (κ3) is 6.81. The van der Waals surface area contributed by atoms with E-state index in [1.165, 1.54) is 18.2 Å². The maximum Gasteiger partial charge on any atom is 0.328 e. The maximum atomic E-state index is 13.3. The topological polar surface area (TPSA) is 144 Å². The normalized spacial score (nSPS) is 15.6. The molecule has 0 spiro atoms. The third-order valence-electron chi connectivity index (χ3n) is 6.56. The molecule has 4 rings (SSSR count). The summed E-state index contributed by atoms with van der Waals surface area (Å²) in [5.74, 6) is 1.13. The maximum absolute atomic E-state index is 13.3. The Balaban J connectivity index is 1.51. The van der Waals surface area contributed by atoms with Crippen LogP contribution in [-0.2, 0) is 16.1 Å². The van der Waals surface area contributed by atoms with Gasteiger partial charge in [0.2, 0.25) is 5.91 Å². The highest BCUT2D eigenvalue weighted by Crippen LogP contribution is 2.30. The summed E-state index contributed by atoms with van der Waals surface area (Å²) in [4.78, 5) is 51.2. The Kier molecular flexibility index (Phi) is 8.83. The second kappa shape index (κ2) is 12.4. The number of ether oxygens (including phenoxy) is 1. The number of piperazine rings is 1. The molecule has 1 aliphatic carbocycles. The Bertz CT molecular complexity index is 1230. The number of aldehydes is 1. The number of nitrogens with zero attached hydrogens (tertiary/aromatic N) is 6. The molecule has 1 saturated heterocycles. The van der Waals surface area contributed by atoms with Crippen molar-refractivity contribution in [1.82, 2.24) is 19.8 Å². The van der Waals surface area contributed by atoms with Crippen LogP contribution in [0.2, 0.25) is 0 Å². The molecule has 0 aromatic carbocycles. The van der Waals surface area contributed by atoms with Gasteiger partial charge in [0.05, 0.1) is 30.9 Å². The van der Waals surface area contributed by atoms with Gasteiger partial charge in [0.25, 0.3) is 0 Å². The number of amides is 3. The second-order valence-corrected chi connectivity index (χ2v) is 9.51. The summed E-state index contributed by atoms with van der Waals surface area (Å²) in [5, 5.41) is 15.4. The van der Waals surface area contributed by atoms with E-state index < -0.39 is 6.03 Å². The zero-order chi connectivity index (χ0) is 27.1. The largest absolute Gasteiger partial charge is 0.384 e. The average Bonchev–Trinajstić information content (AvgIpc) is 3.74. The van der Waals surface area contributed by atoms with Gasteiger partial charge in [0, 0.05) is 51.1 Å². The Hall–Kier alpha value is -4.08.